The Bertz CT molecular complexity index is 1550. The van der Waals surface area contributed by atoms with E-state index < -0.39 is 8.32 Å². The van der Waals surface area contributed by atoms with Gasteiger partial charge in [0.2, 0.25) is 8.32 Å². The van der Waals surface area contributed by atoms with Crippen LogP contribution in [0.4, 0.5) is 10.1 Å². The first kappa shape index (κ1) is 30.5. The SMILES string of the molecule is CC(C)(C)[Si](C)(C)Oc1ccc(C2/C(=C/CC(OCc3ccccc3)c3ccccc3)C(=O)N2c2ccc(F)cc2)cc1. The van der Waals surface area contributed by atoms with Gasteiger partial charge in [0, 0.05) is 11.3 Å². The molecular weight excluding hydrogens is 553 g/mol. The van der Waals surface area contributed by atoms with E-state index >= 15 is 0 Å². The number of amides is 1. The van der Waals surface area contributed by atoms with Crippen molar-refractivity contribution in [2.45, 2.75) is 64.1 Å². The normalized spacial score (nSPS) is 17.1. The summed E-state index contributed by atoms with van der Waals surface area (Å²) >= 11 is 0. The summed E-state index contributed by atoms with van der Waals surface area (Å²) < 4.78 is 26.7. The van der Waals surface area contributed by atoms with Gasteiger partial charge >= 0.3 is 0 Å². The molecular formula is C37H40FNO3Si. The van der Waals surface area contributed by atoms with Crippen molar-refractivity contribution in [2.75, 3.05) is 4.90 Å². The zero-order chi connectivity index (χ0) is 30.6. The Morgan fingerprint density at radius 3 is 2.07 bits per heavy atom. The molecule has 1 amide bonds. The highest BCUT2D eigenvalue weighted by molar-refractivity contribution is 6.74. The van der Waals surface area contributed by atoms with Crippen molar-refractivity contribution in [2.24, 2.45) is 0 Å². The van der Waals surface area contributed by atoms with Crippen LogP contribution in [0.5, 0.6) is 5.75 Å². The quantitative estimate of drug-likeness (QED) is 0.104. The van der Waals surface area contributed by atoms with Crippen LogP contribution in [0.25, 0.3) is 0 Å². The summed E-state index contributed by atoms with van der Waals surface area (Å²) in [6.07, 6.45) is 2.33. The van der Waals surface area contributed by atoms with Crippen LogP contribution in [-0.2, 0) is 16.1 Å². The highest BCUT2D eigenvalue weighted by atomic mass is 28.4. The number of β-lactam (4-membered cyclic amide) rings is 1. The molecule has 43 heavy (non-hydrogen) atoms. The van der Waals surface area contributed by atoms with E-state index in [-0.39, 0.29) is 28.9 Å². The maximum absolute atomic E-state index is 13.8. The van der Waals surface area contributed by atoms with Gasteiger partial charge in [-0.3, -0.25) is 9.69 Å². The number of anilines is 1. The number of rotatable bonds is 10. The summed E-state index contributed by atoms with van der Waals surface area (Å²) in [4.78, 5) is 15.4. The van der Waals surface area contributed by atoms with E-state index in [2.05, 4.69) is 46.0 Å². The second kappa shape index (κ2) is 12.7. The number of carbonyl (C=O) groups excluding carboxylic acids is 1. The van der Waals surface area contributed by atoms with Crippen molar-refractivity contribution >= 4 is 19.9 Å². The number of halogens is 1. The lowest BCUT2D eigenvalue weighted by Gasteiger charge is -2.43. The summed E-state index contributed by atoms with van der Waals surface area (Å²) in [5.41, 5.74) is 4.48. The number of nitrogens with zero attached hydrogens (tertiary/aromatic N) is 1. The topological polar surface area (TPSA) is 38.8 Å². The first-order chi connectivity index (χ1) is 20.5. The van der Waals surface area contributed by atoms with Gasteiger partial charge in [-0.05, 0) is 77.6 Å². The lowest BCUT2D eigenvalue weighted by Crippen LogP contribution is -2.49. The van der Waals surface area contributed by atoms with Gasteiger partial charge in [0.25, 0.3) is 5.91 Å². The molecule has 1 heterocycles. The number of benzene rings is 4. The molecule has 6 heteroatoms. The van der Waals surface area contributed by atoms with Gasteiger partial charge in [-0.25, -0.2) is 4.39 Å². The van der Waals surface area contributed by atoms with E-state index in [1.54, 1.807) is 17.0 Å². The minimum atomic E-state index is -2.00. The molecule has 0 N–H and O–H groups in total. The van der Waals surface area contributed by atoms with E-state index in [9.17, 15) is 9.18 Å². The molecule has 0 spiro atoms. The van der Waals surface area contributed by atoms with Crippen molar-refractivity contribution in [3.05, 3.63) is 143 Å². The van der Waals surface area contributed by atoms with E-state index in [0.29, 0.717) is 24.3 Å². The second-order valence-electron chi connectivity index (χ2n) is 12.6. The molecule has 0 radical (unpaired) electrons. The Hall–Kier alpha value is -4.00. The summed E-state index contributed by atoms with van der Waals surface area (Å²) in [6, 6.07) is 34.0. The van der Waals surface area contributed by atoms with E-state index in [4.69, 9.17) is 9.16 Å². The molecule has 222 valence electrons. The van der Waals surface area contributed by atoms with Crippen LogP contribution in [-0.4, -0.2) is 14.2 Å². The lowest BCUT2D eigenvalue weighted by molar-refractivity contribution is -0.119. The van der Waals surface area contributed by atoms with Gasteiger partial charge in [-0.1, -0.05) is 99.6 Å². The highest BCUT2D eigenvalue weighted by Crippen LogP contribution is 2.45. The zero-order valence-corrected chi connectivity index (χ0v) is 26.6. The molecule has 4 aromatic carbocycles. The van der Waals surface area contributed by atoms with Crippen molar-refractivity contribution in [1.29, 1.82) is 0 Å². The molecule has 0 saturated carbocycles. The molecule has 0 aromatic heterocycles. The van der Waals surface area contributed by atoms with Gasteiger partial charge in [0.15, 0.2) is 0 Å². The molecule has 0 bridgehead atoms. The predicted octanol–water partition coefficient (Wildman–Crippen LogP) is 9.57. The van der Waals surface area contributed by atoms with Gasteiger partial charge in [-0.2, -0.15) is 0 Å². The molecule has 5 rings (SSSR count). The average molecular weight is 594 g/mol. The van der Waals surface area contributed by atoms with Crippen LogP contribution in [0.1, 0.15) is 56.0 Å². The number of ether oxygens (including phenoxy) is 1. The summed E-state index contributed by atoms with van der Waals surface area (Å²) in [5, 5.41) is 0.0826. The first-order valence-corrected chi connectivity index (χ1v) is 17.7. The Morgan fingerprint density at radius 2 is 1.47 bits per heavy atom. The second-order valence-corrected chi connectivity index (χ2v) is 17.3. The van der Waals surface area contributed by atoms with Crippen molar-refractivity contribution in [3.63, 3.8) is 0 Å². The van der Waals surface area contributed by atoms with Crippen LogP contribution in [0.3, 0.4) is 0 Å². The maximum Gasteiger partial charge on any atom is 0.257 e. The maximum atomic E-state index is 13.8. The largest absolute Gasteiger partial charge is 0.544 e. The van der Waals surface area contributed by atoms with Gasteiger partial charge in [0.1, 0.15) is 11.6 Å². The summed E-state index contributed by atoms with van der Waals surface area (Å²) in [6.45, 7) is 11.6. The third-order valence-corrected chi connectivity index (χ3v) is 12.9. The summed E-state index contributed by atoms with van der Waals surface area (Å²) in [7, 11) is -2.00. The van der Waals surface area contributed by atoms with E-state index in [1.807, 2.05) is 78.9 Å². The summed E-state index contributed by atoms with van der Waals surface area (Å²) in [5.74, 6) is 0.406. The van der Waals surface area contributed by atoms with Crippen molar-refractivity contribution in [1.82, 2.24) is 0 Å². The molecule has 4 aromatic rings. The molecule has 1 aliphatic rings. The minimum Gasteiger partial charge on any atom is -0.544 e. The Labute approximate surface area is 255 Å². The molecule has 2 atom stereocenters. The Balaban J connectivity index is 1.43. The monoisotopic (exact) mass is 593 g/mol. The Morgan fingerprint density at radius 1 is 0.860 bits per heavy atom. The zero-order valence-electron chi connectivity index (χ0n) is 25.6. The van der Waals surface area contributed by atoms with Gasteiger partial charge < -0.3 is 9.16 Å². The van der Waals surface area contributed by atoms with Gasteiger partial charge in [-0.15, -0.1) is 0 Å². The smallest absolute Gasteiger partial charge is 0.257 e. The Kier molecular flexibility index (Phi) is 8.99. The number of hydrogen-bond donors (Lipinski definition) is 0. The van der Waals surface area contributed by atoms with Crippen LogP contribution in [0.15, 0.2) is 121 Å². The molecule has 1 saturated heterocycles. The third kappa shape index (κ3) is 6.98. The van der Waals surface area contributed by atoms with Crippen LogP contribution < -0.4 is 9.33 Å². The molecule has 0 aliphatic carbocycles. The lowest BCUT2D eigenvalue weighted by atomic mass is 9.86. The van der Waals surface area contributed by atoms with Crippen LogP contribution in [0.2, 0.25) is 18.1 Å². The average Bonchev–Trinajstić information content (AvgIpc) is 2.99. The van der Waals surface area contributed by atoms with E-state index in [0.717, 1.165) is 22.4 Å². The predicted molar refractivity (Wildman–Crippen MR) is 174 cm³/mol. The van der Waals surface area contributed by atoms with E-state index in [1.165, 1.54) is 12.1 Å². The standard InChI is InChI=1S/C37H40FNO3Si/c1-37(2,3)43(4,5)42-32-22-16-29(17-23-32)35-33(36(40)39(35)31-20-18-30(38)19-21-31)24-25-34(28-14-10-7-11-15-28)41-26-27-12-8-6-9-13-27/h6-24,34-35H,25-26H2,1-5H3/b33-24-. The van der Waals surface area contributed by atoms with Crippen LogP contribution in [0, 0.1) is 5.82 Å². The molecule has 4 nitrogen and oxygen atoms in total. The number of hydrogen-bond acceptors (Lipinski definition) is 3. The highest BCUT2D eigenvalue weighted by Gasteiger charge is 2.44. The molecule has 1 fully saturated rings. The van der Waals surface area contributed by atoms with Crippen molar-refractivity contribution in [3.8, 4) is 5.75 Å². The molecule has 2 unspecified atom stereocenters. The van der Waals surface area contributed by atoms with Crippen molar-refractivity contribution < 1.29 is 18.3 Å². The number of carbonyl (C=O) groups is 1. The molecule has 1 aliphatic heterocycles. The fourth-order valence-corrected chi connectivity index (χ4v) is 6.01. The minimum absolute atomic E-state index is 0.0826. The van der Waals surface area contributed by atoms with Crippen LogP contribution >= 0.6 is 0 Å². The first-order valence-electron chi connectivity index (χ1n) is 14.8. The van der Waals surface area contributed by atoms with Gasteiger partial charge in [0.05, 0.1) is 18.8 Å². The fraction of sp³-hybridized carbons (Fsp3) is 0.270. The fourth-order valence-electron chi connectivity index (χ4n) is 4.98. The third-order valence-electron chi connectivity index (χ3n) is 8.52.